The standard InChI is InChI=1S/C9H18N2.2ClH/c1-11-5-4-7-2-3-9(10)8(7)6-11;;/h7-9H,2-6,10H2,1H3;2*1H/t7-,8+,9+;;/m0../s1. The number of piperidine rings is 1. The monoisotopic (exact) mass is 226 g/mol. The topological polar surface area (TPSA) is 29.3 Å². The summed E-state index contributed by atoms with van der Waals surface area (Å²) in [4.78, 5) is 2.42. The molecule has 2 aliphatic rings. The largest absolute Gasteiger partial charge is 0.327 e. The van der Waals surface area contributed by atoms with Crippen LogP contribution in [0.2, 0.25) is 0 Å². The fourth-order valence-electron chi connectivity index (χ4n) is 2.66. The second-order valence-corrected chi connectivity index (χ2v) is 4.22. The Hall–Kier alpha value is 0.500. The normalized spacial score (nSPS) is 38.8. The summed E-state index contributed by atoms with van der Waals surface area (Å²) in [6, 6.07) is 0.503. The Labute approximate surface area is 93.1 Å². The first-order valence-electron chi connectivity index (χ1n) is 4.71. The van der Waals surface area contributed by atoms with Crippen molar-refractivity contribution in [1.29, 1.82) is 0 Å². The minimum absolute atomic E-state index is 0. The number of nitrogens with zero attached hydrogens (tertiary/aromatic N) is 1. The molecule has 3 atom stereocenters. The van der Waals surface area contributed by atoms with Gasteiger partial charge in [-0.05, 0) is 44.7 Å². The molecule has 0 aromatic heterocycles. The van der Waals surface area contributed by atoms with Gasteiger partial charge >= 0.3 is 0 Å². The highest BCUT2D eigenvalue weighted by atomic mass is 35.5. The van der Waals surface area contributed by atoms with Crippen molar-refractivity contribution >= 4 is 24.8 Å². The highest BCUT2D eigenvalue weighted by Crippen LogP contribution is 2.36. The van der Waals surface area contributed by atoms with Crippen molar-refractivity contribution in [1.82, 2.24) is 4.90 Å². The number of hydrogen-bond acceptors (Lipinski definition) is 2. The van der Waals surface area contributed by atoms with Crippen LogP contribution in [0.5, 0.6) is 0 Å². The maximum Gasteiger partial charge on any atom is 0.00821 e. The van der Waals surface area contributed by atoms with Gasteiger partial charge in [0.2, 0.25) is 0 Å². The Morgan fingerprint density at radius 3 is 2.54 bits per heavy atom. The zero-order valence-corrected chi connectivity index (χ0v) is 9.74. The molecule has 2 N–H and O–H groups in total. The van der Waals surface area contributed by atoms with Gasteiger partial charge in [-0.3, -0.25) is 0 Å². The highest BCUT2D eigenvalue weighted by molar-refractivity contribution is 5.85. The van der Waals surface area contributed by atoms with Gasteiger partial charge in [0.05, 0.1) is 0 Å². The molecule has 1 saturated heterocycles. The zero-order chi connectivity index (χ0) is 7.84. The van der Waals surface area contributed by atoms with Gasteiger partial charge < -0.3 is 10.6 Å². The first-order valence-corrected chi connectivity index (χ1v) is 4.71. The highest BCUT2D eigenvalue weighted by Gasteiger charge is 2.36. The van der Waals surface area contributed by atoms with Crippen molar-refractivity contribution < 1.29 is 0 Å². The van der Waals surface area contributed by atoms with Crippen LogP contribution in [0.25, 0.3) is 0 Å². The smallest absolute Gasteiger partial charge is 0.00821 e. The Balaban J connectivity index is 0.000000720. The molecule has 80 valence electrons. The molecule has 0 bridgehead atoms. The number of likely N-dealkylation sites (tertiary alicyclic amines) is 1. The summed E-state index contributed by atoms with van der Waals surface area (Å²) in [6.45, 7) is 2.53. The van der Waals surface area contributed by atoms with E-state index in [0.717, 1.165) is 11.8 Å². The van der Waals surface area contributed by atoms with Gasteiger partial charge in [0.25, 0.3) is 0 Å². The van der Waals surface area contributed by atoms with Crippen molar-refractivity contribution in [3.8, 4) is 0 Å². The molecule has 0 amide bonds. The van der Waals surface area contributed by atoms with Crippen LogP contribution < -0.4 is 5.73 Å². The second-order valence-electron chi connectivity index (χ2n) is 4.22. The van der Waals surface area contributed by atoms with E-state index in [4.69, 9.17) is 5.73 Å². The molecule has 1 aliphatic heterocycles. The molecule has 0 unspecified atom stereocenters. The average Bonchev–Trinajstić information content (AvgIpc) is 2.33. The van der Waals surface area contributed by atoms with Crippen LogP contribution in [0.1, 0.15) is 19.3 Å². The summed E-state index contributed by atoms with van der Waals surface area (Å²) in [6.07, 6.45) is 4.04. The molecule has 2 rings (SSSR count). The van der Waals surface area contributed by atoms with Gasteiger partial charge in [-0.1, -0.05) is 0 Å². The van der Waals surface area contributed by atoms with E-state index < -0.39 is 0 Å². The summed E-state index contributed by atoms with van der Waals surface area (Å²) in [5.41, 5.74) is 6.02. The van der Waals surface area contributed by atoms with Crippen molar-refractivity contribution in [2.45, 2.75) is 25.3 Å². The molecule has 1 heterocycles. The second kappa shape index (κ2) is 5.40. The van der Waals surface area contributed by atoms with E-state index in [-0.39, 0.29) is 24.8 Å². The minimum Gasteiger partial charge on any atom is -0.327 e. The van der Waals surface area contributed by atoms with Gasteiger partial charge in [0.1, 0.15) is 0 Å². The fourth-order valence-corrected chi connectivity index (χ4v) is 2.66. The SMILES string of the molecule is CN1CC[C@@H]2CC[C@@H](N)[C@@H]2C1.Cl.Cl. The third-order valence-electron chi connectivity index (χ3n) is 3.43. The lowest BCUT2D eigenvalue weighted by molar-refractivity contribution is 0.157. The van der Waals surface area contributed by atoms with Gasteiger partial charge in [-0.25, -0.2) is 0 Å². The van der Waals surface area contributed by atoms with E-state index in [1.54, 1.807) is 0 Å². The Kier molecular flexibility index (Phi) is 5.61. The van der Waals surface area contributed by atoms with Crippen LogP contribution in [0.4, 0.5) is 0 Å². The molecule has 1 aliphatic carbocycles. The van der Waals surface area contributed by atoms with Crippen molar-refractivity contribution in [3.63, 3.8) is 0 Å². The Bertz CT molecular complexity index is 155. The molecule has 2 nitrogen and oxygen atoms in total. The van der Waals surface area contributed by atoms with Crippen LogP contribution in [-0.2, 0) is 0 Å². The van der Waals surface area contributed by atoms with Crippen LogP contribution in [0.3, 0.4) is 0 Å². The van der Waals surface area contributed by atoms with Crippen LogP contribution in [-0.4, -0.2) is 31.1 Å². The Morgan fingerprint density at radius 2 is 1.85 bits per heavy atom. The first-order chi connectivity index (χ1) is 5.27. The van der Waals surface area contributed by atoms with Crippen molar-refractivity contribution in [3.05, 3.63) is 0 Å². The predicted octanol–water partition coefficient (Wildman–Crippen LogP) is 1.52. The van der Waals surface area contributed by atoms with E-state index in [2.05, 4.69) is 11.9 Å². The maximum absolute atomic E-state index is 6.02. The van der Waals surface area contributed by atoms with E-state index in [9.17, 15) is 0 Å². The number of nitrogens with two attached hydrogens (primary N) is 1. The lowest BCUT2D eigenvalue weighted by Gasteiger charge is -2.34. The molecule has 4 heteroatoms. The van der Waals surface area contributed by atoms with E-state index in [1.165, 1.54) is 32.4 Å². The third kappa shape index (κ3) is 2.72. The quantitative estimate of drug-likeness (QED) is 0.679. The summed E-state index contributed by atoms with van der Waals surface area (Å²) in [5.74, 6) is 1.77. The molecular weight excluding hydrogens is 207 g/mol. The summed E-state index contributed by atoms with van der Waals surface area (Å²) < 4.78 is 0. The molecule has 13 heavy (non-hydrogen) atoms. The molecular formula is C9H20Cl2N2. The maximum atomic E-state index is 6.02. The van der Waals surface area contributed by atoms with Crippen LogP contribution in [0, 0.1) is 11.8 Å². The lowest BCUT2D eigenvalue weighted by Crippen LogP contribution is -2.42. The summed E-state index contributed by atoms with van der Waals surface area (Å²) in [5, 5.41) is 0. The lowest BCUT2D eigenvalue weighted by atomic mass is 9.87. The van der Waals surface area contributed by atoms with Gasteiger partial charge in [-0.2, -0.15) is 0 Å². The number of rotatable bonds is 0. The van der Waals surface area contributed by atoms with E-state index in [0.29, 0.717) is 6.04 Å². The molecule has 1 saturated carbocycles. The number of fused-ring (bicyclic) bond motifs is 1. The van der Waals surface area contributed by atoms with Gasteiger partial charge in [0.15, 0.2) is 0 Å². The molecule has 2 fully saturated rings. The molecule has 0 spiro atoms. The fraction of sp³-hybridized carbons (Fsp3) is 1.00. The van der Waals surface area contributed by atoms with E-state index >= 15 is 0 Å². The van der Waals surface area contributed by atoms with Crippen molar-refractivity contribution in [2.24, 2.45) is 17.6 Å². The van der Waals surface area contributed by atoms with E-state index in [1.807, 2.05) is 0 Å². The number of hydrogen-bond donors (Lipinski definition) is 1. The Morgan fingerprint density at radius 1 is 1.15 bits per heavy atom. The van der Waals surface area contributed by atoms with Gasteiger partial charge in [0, 0.05) is 12.6 Å². The van der Waals surface area contributed by atoms with Crippen LogP contribution in [0.15, 0.2) is 0 Å². The predicted molar refractivity (Wildman–Crippen MR) is 60.8 cm³/mol. The number of halogens is 2. The third-order valence-corrected chi connectivity index (χ3v) is 3.43. The van der Waals surface area contributed by atoms with Crippen LogP contribution >= 0.6 is 24.8 Å². The molecule has 0 aromatic rings. The molecule has 0 aromatic carbocycles. The molecule has 0 radical (unpaired) electrons. The van der Waals surface area contributed by atoms with Crippen molar-refractivity contribution in [2.75, 3.05) is 20.1 Å². The summed E-state index contributed by atoms with van der Waals surface area (Å²) in [7, 11) is 2.21. The first kappa shape index (κ1) is 13.5. The zero-order valence-electron chi connectivity index (χ0n) is 8.11. The average molecular weight is 227 g/mol. The van der Waals surface area contributed by atoms with Gasteiger partial charge in [-0.15, -0.1) is 24.8 Å². The summed E-state index contributed by atoms with van der Waals surface area (Å²) >= 11 is 0. The minimum atomic E-state index is 0.